The van der Waals surface area contributed by atoms with Gasteiger partial charge in [-0.25, -0.2) is 0 Å². The van der Waals surface area contributed by atoms with E-state index >= 15 is 0 Å². The van der Waals surface area contributed by atoms with Crippen molar-refractivity contribution in [2.45, 2.75) is 37.4 Å². The molecule has 1 aliphatic carbocycles. The summed E-state index contributed by atoms with van der Waals surface area (Å²) in [6.07, 6.45) is 4.94. The maximum Gasteiger partial charge on any atom is 0.236 e. The Morgan fingerprint density at radius 1 is 1.32 bits per heavy atom. The normalized spacial score (nSPS) is 22.6. The average molecular weight is 284 g/mol. The standard InChI is InChI=1S/C13H20N2O3S/c16-6-13(7-17-8-13)9-19-5-11-14-12(15-18-11)10-3-1-2-4-10/h10,16H,1-9H2. The highest BCUT2D eigenvalue weighted by Gasteiger charge is 2.37. The third-order valence-electron chi connectivity index (χ3n) is 3.99. The summed E-state index contributed by atoms with van der Waals surface area (Å²) in [6.45, 7) is 1.51. The molecule has 2 fully saturated rings. The van der Waals surface area contributed by atoms with E-state index in [0.29, 0.717) is 25.0 Å². The molecule has 1 aromatic heterocycles. The molecule has 2 heterocycles. The number of hydrogen-bond donors (Lipinski definition) is 1. The molecule has 3 rings (SSSR count). The summed E-state index contributed by atoms with van der Waals surface area (Å²) in [7, 11) is 0. The highest BCUT2D eigenvalue weighted by molar-refractivity contribution is 7.98. The van der Waals surface area contributed by atoms with E-state index in [1.165, 1.54) is 25.7 Å². The van der Waals surface area contributed by atoms with Crippen LogP contribution in [0.3, 0.4) is 0 Å². The minimum atomic E-state index is -0.0427. The van der Waals surface area contributed by atoms with Crippen molar-refractivity contribution >= 4 is 11.8 Å². The Labute approximate surface area is 117 Å². The van der Waals surface area contributed by atoms with Gasteiger partial charge >= 0.3 is 0 Å². The maximum absolute atomic E-state index is 9.34. The van der Waals surface area contributed by atoms with Crippen LogP contribution in [0, 0.1) is 5.41 Å². The first-order chi connectivity index (χ1) is 9.31. The van der Waals surface area contributed by atoms with Crippen LogP contribution in [0.1, 0.15) is 43.3 Å². The zero-order valence-electron chi connectivity index (χ0n) is 11.0. The van der Waals surface area contributed by atoms with Gasteiger partial charge in [0, 0.05) is 17.1 Å². The van der Waals surface area contributed by atoms with Gasteiger partial charge in [0.05, 0.1) is 25.6 Å². The van der Waals surface area contributed by atoms with E-state index in [0.717, 1.165) is 17.3 Å². The van der Waals surface area contributed by atoms with Gasteiger partial charge < -0.3 is 14.4 Å². The smallest absolute Gasteiger partial charge is 0.236 e. The molecule has 1 N–H and O–H groups in total. The summed E-state index contributed by atoms with van der Waals surface area (Å²) in [6, 6.07) is 0. The van der Waals surface area contributed by atoms with Crippen LogP contribution in [-0.2, 0) is 10.5 Å². The fourth-order valence-corrected chi connectivity index (χ4v) is 3.73. The monoisotopic (exact) mass is 284 g/mol. The van der Waals surface area contributed by atoms with Crippen LogP contribution < -0.4 is 0 Å². The van der Waals surface area contributed by atoms with Gasteiger partial charge in [-0.2, -0.15) is 16.7 Å². The number of thioether (sulfide) groups is 1. The van der Waals surface area contributed by atoms with Crippen molar-refractivity contribution in [3.63, 3.8) is 0 Å². The van der Waals surface area contributed by atoms with Gasteiger partial charge in [-0.05, 0) is 12.8 Å². The summed E-state index contributed by atoms with van der Waals surface area (Å²) in [5.74, 6) is 3.70. The van der Waals surface area contributed by atoms with Crippen molar-refractivity contribution in [3.05, 3.63) is 11.7 Å². The number of ether oxygens (including phenoxy) is 1. The lowest BCUT2D eigenvalue weighted by Crippen LogP contribution is -2.47. The Morgan fingerprint density at radius 2 is 2.11 bits per heavy atom. The molecule has 1 saturated carbocycles. The minimum Gasteiger partial charge on any atom is -0.396 e. The highest BCUT2D eigenvalue weighted by Crippen LogP contribution is 2.34. The predicted molar refractivity (Wildman–Crippen MR) is 72.0 cm³/mol. The third kappa shape index (κ3) is 2.95. The molecule has 106 valence electrons. The lowest BCUT2D eigenvalue weighted by molar-refractivity contribution is -0.121. The van der Waals surface area contributed by atoms with Crippen LogP contribution in [0.25, 0.3) is 0 Å². The Balaban J connectivity index is 1.47. The second kappa shape index (κ2) is 5.81. The summed E-state index contributed by atoms with van der Waals surface area (Å²) in [5.41, 5.74) is -0.0427. The van der Waals surface area contributed by atoms with E-state index in [1.807, 2.05) is 0 Å². The average Bonchev–Trinajstić information content (AvgIpc) is 3.02. The molecule has 0 unspecified atom stereocenters. The minimum absolute atomic E-state index is 0.0427. The summed E-state index contributed by atoms with van der Waals surface area (Å²) in [4.78, 5) is 4.49. The first kappa shape index (κ1) is 13.4. The Bertz CT molecular complexity index is 408. The van der Waals surface area contributed by atoms with Crippen molar-refractivity contribution in [2.24, 2.45) is 5.41 Å². The molecule has 0 radical (unpaired) electrons. The van der Waals surface area contributed by atoms with Gasteiger partial charge in [-0.15, -0.1) is 0 Å². The quantitative estimate of drug-likeness (QED) is 0.861. The molecular formula is C13H20N2O3S. The lowest BCUT2D eigenvalue weighted by atomic mass is 9.90. The Hall–Kier alpha value is -0.590. The Morgan fingerprint density at radius 3 is 2.74 bits per heavy atom. The van der Waals surface area contributed by atoms with Crippen molar-refractivity contribution in [3.8, 4) is 0 Å². The summed E-state index contributed by atoms with van der Waals surface area (Å²) >= 11 is 1.73. The zero-order valence-corrected chi connectivity index (χ0v) is 11.8. The van der Waals surface area contributed by atoms with Gasteiger partial charge in [-0.3, -0.25) is 0 Å². The second-order valence-electron chi connectivity index (χ2n) is 5.67. The first-order valence-corrected chi connectivity index (χ1v) is 8.06. The van der Waals surface area contributed by atoms with Crippen molar-refractivity contribution in [1.82, 2.24) is 10.1 Å². The van der Waals surface area contributed by atoms with Crippen molar-refractivity contribution in [1.29, 1.82) is 0 Å². The third-order valence-corrected chi connectivity index (χ3v) is 5.26. The van der Waals surface area contributed by atoms with Gasteiger partial charge in [0.2, 0.25) is 5.89 Å². The number of aliphatic hydroxyl groups excluding tert-OH is 1. The number of aliphatic hydroxyl groups is 1. The van der Waals surface area contributed by atoms with Gasteiger partial charge in [0.25, 0.3) is 0 Å². The van der Waals surface area contributed by atoms with Crippen molar-refractivity contribution < 1.29 is 14.4 Å². The molecule has 19 heavy (non-hydrogen) atoms. The molecule has 1 saturated heterocycles. The largest absolute Gasteiger partial charge is 0.396 e. The van der Waals surface area contributed by atoms with Crippen LogP contribution in [0.2, 0.25) is 0 Å². The van der Waals surface area contributed by atoms with E-state index in [-0.39, 0.29) is 12.0 Å². The van der Waals surface area contributed by atoms with Crippen LogP contribution in [0.5, 0.6) is 0 Å². The van der Waals surface area contributed by atoms with Gasteiger partial charge in [0.1, 0.15) is 0 Å². The first-order valence-electron chi connectivity index (χ1n) is 6.90. The molecule has 6 heteroatoms. The molecule has 2 aliphatic rings. The van der Waals surface area contributed by atoms with E-state index in [4.69, 9.17) is 9.26 Å². The van der Waals surface area contributed by atoms with E-state index < -0.39 is 0 Å². The van der Waals surface area contributed by atoms with Crippen molar-refractivity contribution in [2.75, 3.05) is 25.6 Å². The zero-order chi connectivity index (χ0) is 13.1. The molecular weight excluding hydrogens is 264 g/mol. The molecule has 0 amide bonds. The fraction of sp³-hybridized carbons (Fsp3) is 0.846. The number of hydrogen-bond acceptors (Lipinski definition) is 6. The molecule has 1 aliphatic heterocycles. The van der Waals surface area contributed by atoms with Crippen LogP contribution in [0.15, 0.2) is 4.52 Å². The van der Waals surface area contributed by atoms with Gasteiger partial charge in [-0.1, -0.05) is 18.0 Å². The lowest BCUT2D eigenvalue weighted by Gasteiger charge is -2.39. The fourth-order valence-electron chi connectivity index (χ4n) is 2.64. The Kier molecular flexibility index (Phi) is 4.10. The summed E-state index contributed by atoms with van der Waals surface area (Å²) in [5, 5.41) is 13.4. The number of rotatable bonds is 6. The van der Waals surface area contributed by atoms with E-state index in [2.05, 4.69) is 10.1 Å². The van der Waals surface area contributed by atoms with Crippen LogP contribution in [0.4, 0.5) is 0 Å². The van der Waals surface area contributed by atoms with Crippen LogP contribution >= 0.6 is 11.8 Å². The molecule has 1 aromatic rings. The van der Waals surface area contributed by atoms with Gasteiger partial charge in [0.15, 0.2) is 5.82 Å². The topological polar surface area (TPSA) is 68.4 Å². The SMILES string of the molecule is OCC1(CSCc2nc(C3CCCC3)no2)COC1. The second-order valence-corrected chi connectivity index (χ2v) is 6.66. The molecule has 0 spiro atoms. The molecule has 0 aromatic carbocycles. The summed E-state index contributed by atoms with van der Waals surface area (Å²) < 4.78 is 10.5. The number of aromatic nitrogens is 2. The maximum atomic E-state index is 9.34. The van der Waals surface area contributed by atoms with E-state index in [1.54, 1.807) is 11.8 Å². The number of nitrogens with zero attached hydrogens (tertiary/aromatic N) is 2. The predicted octanol–water partition coefficient (Wildman–Crippen LogP) is 1.97. The van der Waals surface area contributed by atoms with Crippen LogP contribution in [-0.4, -0.2) is 40.8 Å². The molecule has 5 nitrogen and oxygen atoms in total. The molecule has 0 atom stereocenters. The molecule has 0 bridgehead atoms. The highest BCUT2D eigenvalue weighted by atomic mass is 32.2. The van der Waals surface area contributed by atoms with E-state index in [9.17, 15) is 5.11 Å².